The topological polar surface area (TPSA) is 232 Å². The second kappa shape index (κ2) is 11.0. The van der Waals surface area contributed by atoms with Gasteiger partial charge in [0.15, 0.2) is 17.1 Å². The Kier molecular flexibility index (Phi) is 7.91. The first-order chi connectivity index (χ1) is 21.0. The van der Waals surface area contributed by atoms with Crippen LogP contribution in [-0.4, -0.2) is 94.6 Å². The molecule has 1 amide bonds. The molecule has 0 aliphatic heterocycles. The lowest BCUT2D eigenvalue weighted by Crippen LogP contribution is -2.71. The number of anilines is 2. The molecule has 4 aliphatic rings. The first kappa shape index (κ1) is 32.3. The fourth-order valence-corrected chi connectivity index (χ4v) is 8.02. The van der Waals surface area contributed by atoms with E-state index < -0.39 is 63.3 Å². The first-order valence-corrected chi connectivity index (χ1v) is 15.1. The summed E-state index contributed by atoms with van der Waals surface area (Å²) in [6, 6.07) is 0.401. The van der Waals surface area contributed by atoms with Crippen molar-refractivity contribution in [1.82, 2.24) is 4.90 Å². The number of phenolic OH excluding ortho intramolecular Hbond substituents is 1. The normalized spacial score (nSPS) is 29.0. The maximum atomic E-state index is 14.4. The van der Waals surface area contributed by atoms with Crippen molar-refractivity contribution in [1.29, 1.82) is 0 Å². The Balaban J connectivity index is 1.71. The van der Waals surface area contributed by atoms with Crippen LogP contribution in [-0.2, 0) is 20.8 Å². The van der Waals surface area contributed by atoms with E-state index in [1.54, 1.807) is 39.2 Å². The summed E-state index contributed by atoms with van der Waals surface area (Å²) in [5.41, 5.74) is 7.21. The van der Waals surface area contributed by atoms with Gasteiger partial charge in [0, 0.05) is 30.8 Å². The second-order valence-electron chi connectivity index (χ2n) is 13.3. The van der Waals surface area contributed by atoms with Gasteiger partial charge in [-0.2, -0.15) is 0 Å². The summed E-state index contributed by atoms with van der Waals surface area (Å²) < 4.78 is 0. The Morgan fingerprint density at radius 2 is 1.64 bits per heavy atom. The van der Waals surface area contributed by atoms with Gasteiger partial charge in [0.1, 0.15) is 22.8 Å². The average Bonchev–Trinajstić information content (AvgIpc) is 2.95. The number of amides is 1. The van der Waals surface area contributed by atoms with Crippen molar-refractivity contribution < 1.29 is 34.8 Å². The van der Waals surface area contributed by atoms with Gasteiger partial charge < -0.3 is 36.8 Å². The lowest BCUT2D eigenvalue weighted by molar-refractivity contribution is -0.171. The number of nitrogens with two attached hydrogens (primary N) is 3. The van der Waals surface area contributed by atoms with E-state index in [1.807, 2.05) is 0 Å². The standard InChI is InChI=1S/C31H43N7O7/c1-30-13-14-11-16-17(36(2)3)12-18(38(34)29(33)35-15-9-7-6-8-10-15)22(39)20(16)23(40)19(14)26(42)31(30,45)27(43)21(28(32)44)24(41)25(30)37(4)5/h12,14-15,25,39-40,43,45H,6-11,13,34H2,1-5H3,(H2,32,44)(H2,33,35)/t14-,25+,30-,31-/m0/s1. The van der Waals surface area contributed by atoms with E-state index in [0.717, 1.165) is 37.1 Å². The van der Waals surface area contributed by atoms with E-state index in [1.165, 1.54) is 11.8 Å². The summed E-state index contributed by atoms with van der Waals surface area (Å²) in [4.78, 5) is 48.0. The molecule has 4 atom stereocenters. The molecule has 0 radical (unpaired) electrons. The molecule has 2 fully saturated rings. The number of aliphatic hydroxyl groups excluding tert-OH is 2. The molecule has 45 heavy (non-hydrogen) atoms. The molecule has 0 spiro atoms. The molecule has 0 heterocycles. The van der Waals surface area contributed by atoms with Crippen LogP contribution in [0.2, 0.25) is 0 Å². The van der Waals surface area contributed by atoms with Crippen molar-refractivity contribution >= 4 is 40.6 Å². The third-order valence-electron chi connectivity index (χ3n) is 10.1. The van der Waals surface area contributed by atoms with Gasteiger partial charge in [-0.1, -0.05) is 26.2 Å². The number of benzene rings is 1. The molecule has 5 rings (SSSR count). The molecular weight excluding hydrogens is 582 g/mol. The molecular formula is C31H43N7O7. The van der Waals surface area contributed by atoms with Crippen LogP contribution in [0.25, 0.3) is 5.76 Å². The number of guanidine groups is 1. The van der Waals surface area contributed by atoms with Gasteiger partial charge in [-0.25, -0.2) is 15.8 Å². The van der Waals surface area contributed by atoms with E-state index in [9.17, 15) is 34.8 Å². The molecule has 0 saturated heterocycles. The number of aromatic hydroxyl groups is 1. The quantitative estimate of drug-likeness (QED) is 0.0790. The zero-order valence-corrected chi connectivity index (χ0v) is 26.3. The molecule has 0 aromatic heterocycles. The van der Waals surface area contributed by atoms with Crippen molar-refractivity contribution in [2.75, 3.05) is 38.1 Å². The number of carbonyl (C=O) groups excluding carboxylic acids is 3. The van der Waals surface area contributed by atoms with Gasteiger partial charge in [-0.3, -0.25) is 19.3 Å². The van der Waals surface area contributed by atoms with Crippen LogP contribution >= 0.6 is 0 Å². The Morgan fingerprint density at radius 3 is 2.20 bits per heavy atom. The van der Waals surface area contributed by atoms with Gasteiger partial charge in [-0.05, 0) is 57.3 Å². The third kappa shape index (κ3) is 4.57. The summed E-state index contributed by atoms with van der Waals surface area (Å²) in [6.07, 6.45) is 5.00. The summed E-state index contributed by atoms with van der Waals surface area (Å²) in [5.74, 6) is 0.182. The molecule has 1 aromatic rings. The molecule has 10 N–H and O–H groups in total. The van der Waals surface area contributed by atoms with Gasteiger partial charge in [0.2, 0.25) is 11.7 Å². The number of aliphatic imine (C=N–C) groups is 1. The van der Waals surface area contributed by atoms with E-state index in [2.05, 4.69) is 4.99 Å². The maximum Gasteiger partial charge on any atom is 0.255 e. The molecule has 2 saturated carbocycles. The largest absolute Gasteiger partial charge is 0.508 e. The van der Waals surface area contributed by atoms with E-state index in [-0.39, 0.29) is 41.7 Å². The highest BCUT2D eigenvalue weighted by atomic mass is 16.3. The smallest absolute Gasteiger partial charge is 0.255 e. The molecule has 14 nitrogen and oxygen atoms in total. The third-order valence-corrected chi connectivity index (χ3v) is 10.1. The molecule has 14 heteroatoms. The number of ketones is 2. The van der Waals surface area contributed by atoms with Crippen molar-refractivity contribution in [3.63, 3.8) is 0 Å². The Hall–Kier alpha value is -4.14. The molecule has 0 unspecified atom stereocenters. The number of primary amides is 1. The molecule has 4 aliphatic carbocycles. The lowest BCUT2D eigenvalue weighted by atomic mass is 9.50. The number of aliphatic hydroxyl groups is 3. The maximum absolute atomic E-state index is 14.4. The number of phenols is 1. The number of hydrogen-bond acceptors (Lipinski definition) is 11. The number of hydrazine groups is 1. The fourth-order valence-electron chi connectivity index (χ4n) is 8.02. The predicted molar refractivity (Wildman–Crippen MR) is 168 cm³/mol. The van der Waals surface area contributed by atoms with Gasteiger partial charge in [0.25, 0.3) is 5.91 Å². The molecule has 244 valence electrons. The van der Waals surface area contributed by atoms with Crippen LogP contribution < -0.4 is 27.2 Å². The number of carbonyl (C=O) groups is 3. The lowest BCUT2D eigenvalue weighted by Gasteiger charge is -2.57. The van der Waals surface area contributed by atoms with Gasteiger partial charge in [-0.15, -0.1) is 0 Å². The minimum atomic E-state index is -2.79. The average molecular weight is 626 g/mol. The predicted octanol–water partition coefficient (Wildman–Crippen LogP) is 0.748. The van der Waals surface area contributed by atoms with Crippen LogP contribution in [0.3, 0.4) is 0 Å². The number of fused-ring (bicyclic) bond motifs is 3. The summed E-state index contributed by atoms with van der Waals surface area (Å²) in [5, 5.41) is 47.7. The van der Waals surface area contributed by atoms with Crippen LogP contribution in [0.1, 0.15) is 56.6 Å². The van der Waals surface area contributed by atoms with Gasteiger partial charge in [0.05, 0.1) is 17.6 Å². The number of Topliss-reactive ketones (excluding diaryl/α,β-unsaturated/α-hetero) is 2. The van der Waals surface area contributed by atoms with Crippen molar-refractivity contribution in [3.8, 4) is 5.75 Å². The van der Waals surface area contributed by atoms with E-state index in [0.29, 0.717) is 11.3 Å². The summed E-state index contributed by atoms with van der Waals surface area (Å²) >= 11 is 0. The second-order valence-corrected chi connectivity index (χ2v) is 13.3. The number of likely N-dealkylation sites (N-methyl/N-ethyl adjacent to an activating group) is 1. The minimum Gasteiger partial charge on any atom is -0.508 e. The Bertz CT molecular complexity index is 1580. The summed E-state index contributed by atoms with van der Waals surface area (Å²) in [6.45, 7) is 1.50. The van der Waals surface area contributed by atoms with Crippen molar-refractivity contribution in [2.24, 2.45) is 33.6 Å². The fraction of sp³-hybridized carbons (Fsp3) is 0.548. The molecule has 1 aromatic carbocycles. The van der Waals surface area contributed by atoms with Crippen molar-refractivity contribution in [2.45, 2.75) is 69.6 Å². The first-order valence-electron chi connectivity index (χ1n) is 15.1. The highest BCUT2D eigenvalue weighted by Gasteiger charge is 2.70. The van der Waals surface area contributed by atoms with Crippen LogP contribution in [0.5, 0.6) is 5.75 Å². The highest BCUT2D eigenvalue weighted by molar-refractivity contribution is 6.25. The van der Waals surface area contributed by atoms with Crippen LogP contribution in [0, 0.1) is 11.3 Å². The number of hydrogen-bond donors (Lipinski definition) is 7. The Labute approximate surface area is 261 Å². The SMILES string of the molecule is CN(C)c1cc(N(N)C(N)=NC2CCCCC2)c(O)c2c1C[C@H]1C[C@@]3(C)[C@H](N(C)C)C(=O)C(C(N)=O)=C(O)[C@@]3(O)C(=O)C1=C2O. The van der Waals surface area contributed by atoms with E-state index >= 15 is 0 Å². The minimum absolute atomic E-state index is 0.0107. The monoisotopic (exact) mass is 625 g/mol. The van der Waals surface area contributed by atoms with E-state index in [4.69, 9.17) is 17.3 Å². The zero-order valence-electron chi connectivity index (χ0n) is 26.3. The summed E-state index contributed by atoms with van der Waals surface area (Å²) in [7, 11) is 6.67. The zero-order chi connectivity index (χ0) is 33.3. The number of rotatable bonds is 5. The van der Waals surface area contributed by atoms with Crippen molar-refractivity contribution in [3.05, 3.63) is 34.1 Å². The van der Waals surface area contributed by atoms with Gasteiger partial charge >= 0.3 is 0 Å². The number of nitrogens with zero attached hydrogens (tertiary/aromatic N) is 4. The van der Waals surface area contributed by atoms with Crippen LogP contribution in [0.4, 0.5) is 11.4 Å². The highest BCUT2D eigenvalue weighted by Crippen LogP contribution is 2.59. The van der Waals surface area contributed by atoms with Crippen LogP contribution in [0.15, 0.2) is 28.0 Å². The Morgan fingerprint density at radius 1 is 1.02 bits per heavy atom. The molecule has 0 bridgehead atoms.